The van der Waals surface area contributed by atoms with Gasteiger partial charge in [-0.3, -0.25) is 4.79 Å². The minimum absolute atomic E-state index is 0.231. The fourth-order valence-electron chi connectivity index (χ4n) is 3.14. The van der Waals surface area contributed by atoms with E-state index in [9.17, 15) is 4.79 Å². The number of aryl methyl sites for hydroxylation is 1. The van der Waals surface area contributed by atoms with Gasteiger partial charge in [-0.15, -0.1) is 0 Å². The molecular weight excluding hydrogens is 248 g/mol. The number of benzene rings is 1. The van der Waals surface area contributed by atoms with Crippen molar-refractivity contribution in [2.75, 3.05) is 13.1 Å². The highest BCUT2D eigenvalue weighted by Gasteiger charge is 2.32. The van der Waals surface area contributed by atoms with E-state index in [2.05, 4.69) is 43.0 Å². The monoisotopic (exact) mass is 274 g/mol. The van der Waals surface area contributed by atoms with Gasteiger partial charge < -0.3 is 10.6 Å². The number of rotatable bonds is 4. The van der Waals surface area contributed by atoms with Crippen LogP contribution < -0.4 is 5.73 Å². The summed E-state index contributed by atoms with van der Waals surface area (Å²) in [6, 6.07) is 8.85. The van der Waals surface area contributed by atoms with E-state index >= 15 is 0 Å². The standard InChI is InChI=1S/C17H26N2O/c1-13-7-9-15(10-8-13)17-14(2)5-4-12-19(17)16(20)6-3-11-18/h7-10,14,17H,3-6,11-12,18H2,1-2H3/t14-,17-/m1/s1. The first-order valence-corrected chi connectivity index (χ1v) is 7.69. The van der Waals surface area contributed by atoms with E-state index < -0.39 is 0 Å². The summed E-state index contributed by atoms with van der Waals surface area (Å²) in [7, 11) is 0. The van der Waals surface area contributed by atoms with Gasteiger partial charge in [0.15, 0.2) is 0 Å². The maximum absolute atomic E-state index is 12.4. The highest BCUT2D eigenvalue weighted by atomic mass is 16.2. The smallest absolute Gasteiger partial charge is 0.223 e. The van der Waals surface area contributed by atoms with E-state index in [1.54, 1.807) is 0 Å². The fourth-order valence-corrected chi connectivity index (χ4v) is 3.14. The Morgan fingerprint density at radius 1 is 1.35 bits per heavy atom. The van der Waals surface area contributed by atoms with Crippen LogP contribution in [-0.2, 0) is 4.79 Å². The number of carbonyl (C=O) groups excluding carboxylic acids is 1. The van der Waals surface area contributed by atoms with E-state index in [0.717, 1.165) is 19.4 Å². The molecule has 3 heteroatoms. The zero-order valence-electron chi connectivity index (χ0n) is 12.6. The third-order valence-electron chi connectivity index (χ3n) is 4.27. The molecule has 2 rings (SSSR count). The van der Waals surface area contributed by atoms with Crippen LogP contribution in [0.2, 0.25) is 0 Å². The minimum atomic E-state index is 0.231. The van der Waals surface area contributed by atoms with Gasteiger partial charge in [0.1, 0.15) is 0 Å². The summed E-state index contributed by atoms with van der Waals surface area (Å²) in [5, 5.41) is 0. The lowest BCUT2D eigenvalue weighted by Gasteiger charge is -2.40. The lowest BCUT2D eigenvalue weighted by atomic mass is 9.85. The molecule has 1 fully saturated rings. The molecule has 20 heavy (non-hydrogen) atoms. The summed E-state index contributed by atoms with van der Waals surface area (Å²) >= 11 is 0. The number of hydrogen-bond donors (Lipinski definition) is 1. The van der Waals surface area contributed by atoms with Gasteiger partial charge in [0, 0.05) is 13.0 Å². The molecule has 1 saturated heterocycles. The normalized spacial score (nSPS) is 22.9. The number of carbonyl (C=O) groups is 1. The number of hydrogen-bond acceptors (Lipinski definition) is 2. The highest BCUT2D eigenvalue weighted by Crippen LogP contribution is 2.36. The summed E-state index contributed by atoms with van der Waals surface area (Å²) in [5.74, 6) is 0.779. The molecule has 0 spiro atoms. The van der Waals surface area contributed by atoms with Crippen LogP contribution in [0.4, 0.5) is 0 Å². The molecule has 1 aliphatic heterocycles. The Morgan fingerprint density at radius 2 is 2.05 bits per heavy atom. The molecule has 110 valence electrons. The lowest BCUT2D eigenvalue weighted by molar-refractivity contribution is -0.136. The molecule has 3 nitrogen and oxygen atoms in total. The quantitative estimate of drug-likeness (QED) is 0.917. The molecule has 1 heterocycles. The van der Waals surface area contributed by atoms with Crippen LogP contribution in [0.5, 0.6) is 0 Å². The predicted octanol–water partition coefficient (Wildman–Crippen LogP) is 3.03. The lowest BCUT2D eigenvalue weighted by Crippen LogP contribution is -2.42. The average Bonchev–Trinajstić information content (AvgIpc) is 2.45. The van der Waals surface area contributed by atoms with Crippen molar-refractivity contribution in [1.82, 2.24) is 4.90 Å². The number of nitrogens with two attached hydrogens (primary N) is 1. The largest absolute Gasteiger partial charge is 0.335 e. The molecule has 0 aliphatic carbocycles. The van der Waals surface area contributed by atoms with Crippen molar-refractivity contribution in [3.63, 3.8) is 0 Å². The van der Waals surface area contributed by atoms with Crippen LogP contribution in [0.1, 0.15) is 49.8 Å². The van der Waals surface area contributed by atoms with Crippen LogP contribution in [-0.4, -0.2) is 23.9 Å². The molecule has 0 aromatic heterocycles. The second-order valence-electron chi connectivity index (χ2n) is 5.95. The average molecular weight is 274 g/mol. The Labute approximate surface area is 122 Å². The van der Waals surface area contributed by atoms with Gasteiger partial charge in [-0.2, -0.15) is 0 Å². The summed E-state index contributed by atoms with van der Waals surface area (Å²) in [6.07, 6.45) is 3.66. The number of piperidine rings is 1. The summed E-state index contributed by atoms with van der Waals surface area (Å²) in [4.78, 5) is 14.5. The van der Waals surface area contributed by atoms with Crippen molar-refractivity contribution in [3.05, 3.63) is 35.4 Å². The minimum Gasteiger partial charge on any atom is -0.335 e. The number of amides is 1. The van der Waals surface area contributed by atoms with Crippen molar-refractivity contribution >= 4 is 5.91 Å². The maximum atomic E-state index is 12.4. The summed E-state index contributed by atoms with van der Waals surface area (Å²) in [5.41, 5.74) is 8.06. The third-order valence-corrected chi connectivity index (χ3v) is 4.27. The first-order valence-electron chi connectivity index (χ1n) is 7.69. The van der Waals surface area contributed by atoms with Gasteiger partial charge in [-0.05, 0) is 44.2 Å². The molecule has 1 aromatic carbocycles. The van der Waals surface area contributed by atoms with E-state index in [1.807, 2.05) is 0 Å². The second kappa shape index (κ2) is 6.89. The molecular formula is C17H26N2O. The summed E-state index contributed by atoms with van der Waals surface area (Å²) in [6.45, 7) is 5.82. The molecule has 0 radical (unpaired) electrons. The molecule has 1 aliphatic rings. The Balaban J connectivity index is 2.19. The molecule has 0 unspecified atom stereocenters. The second-order valence-corrected chi connectivity index (χ2v) is 5.95. The van der Waals surface area contributed by atoms with Crippen LogP contribution in [0, 0.1) is 12.8 Å². The van der Waals surface area contributed by atoms with Gasteiger partial charge in [0.05, 0.1) is 6.04 Å². The van der Waals surface area contributed by atoms with Gasteiger partial charge >= 0.3 is 0 Å². The SMILES string of the molecule is Cc1ccc([C@H]2[C@H](C)CCCN2C(=O)CCCN)cc1. The van der Waals surface area contributed by atoms with Crippen LogP contribution in [0.15, 0.2) is 24.3 Å². The Morgan fingerprint density at radius 3 is 2.70 bits per heavy atom. The third kappa shape index (κ3) is 3.40. The van der Waals surface area contributed by atoms with E-state index in [-0.39, 0.29) is 11.9 Å². The summed E-state index contributed by atoms with van der Waals surface area (Å²) < 4.78 is 0. The highest BCUT2D eigenvalue weighted by molar-refractivity contribution is 5.77. The molecule has 2 atom stereocenters. The molecule has 0 saturated carbocycles. The fraction of sp³-hybridized carbons (Fsp3) is 0.588. The Hall–Kier alpha value is -1.35. The van der Waals surface area contributed by atoms with Crippen LogP contribution in [0.25, 0.3) is 0 Å². The first-order chi connectivity index (χ1) is 9.63. The molecule has 2 N–H and O–H groups in total. The molecule has 0 bridgehead atoms. The van der Waals surface area contributed by atoms with E-state index in [0.29, 0.717) is 18.9 Å². The molecule has 1 amide bonds. The Kier molecular flexibility index (Phi) is 5.18. The number of likely N-dealkylation sites (tertiary alicyclic amines) is 1. The first kappa shape index (κ1) is 15.0. The molecule has 1 aromatic rings. The van der Waals surface area contributed by atoms with Crippen LogP contribution >= 0.6 is 0 Å². The van der Waals surface area contributed by atoms with Crippen molar-refractivity contribution < 1.29 is 4.79 Å². The zero-order chi connectivity index (χ0) is 14.5. The Bertz CT molecular complexity index is 441. The number of nitrogens with zero attached hydrogens (tertiary/aromatic N) is 1. The van der Waals surface area contributed by atoms with Gasteiger partial charge in [0.2, 0.25) is 5.91 Å². The van der Waals surface area contributed by atoms with Gasteiger partial charge in [-0.1, -0.05) is 36.8 Å². The van der Waals surface area contributed by atoms with Crippen molar-refractivity contribution in [2.45, 2.75) is 45.6 Å². The van der Waals surface area contributed by atoms with Crippen LogP contribution in [0.3, 0.4) is 0 Å². The van der Waals surface area contributed by atoms with E-state index in [1.165, 1.54) is 17.5 Å². The van der Waals surface area contributed by atoms with E-state index in [4.69, 9.17) is 5.73 Å². The zero-order valence-corrected chi connectivity index (χ0v) is 12.6. The van der Waals surface area contributed by atoms with Crippen molar-refractivity contribution in [3.8, 4) is 0 Å². The topological polar surface area (TPSA) is 46.3 Å². The predicted molar refractivity (Wildman–Crippen MR) is 82.3 cm³/mol. The van der Waals surface area contributed by atoms with Gasteiger partial charge in [0.25, 0.3) is 0 Å². The van der Waals surface area contributed by atoms with Crippen molar-refractivity contribution in [2.24, 2.45) is 11.7 Å². The van der Waals surface area contributed by atoms with Gasteiger partial charge in [-0.25, -0.2) is 0 Å². The van der Waals surface area contributed by atoms with Crippen molar-refractivity contribution in [1.29, 1.82) is 0 Å². The maximum Gasteiger partial charge on any atom is 0.223 e.